The lowest BCUT2D eigenvalue weighted by Gasteiger charge is -2.21. The van der Waals surface area contributed by atoms with Crippen molar-refractivity contribution >= 4 is 39.5 Å². The van der Waals surface area contributed by atoms with Crippen LogP contribution in [0.25, 0.3) is 0 Å². The molecular weight excluding hydrogens is 1150 g/mol. The minimum Gasteiger partial charge on any atom is -0.462 e. The van der Waals surface area contributed by atoms with Crippen molar-refractivity contribution < 1.29 is 80.2 Å². The van der Waals surface area contributed by atoms with Crippen molar-refractivity contribution in [3.63, 3.8) is 0 Å². The Morgan fingerprint density at radius 3 is 0.874 bits per heavy atom. The third kappa shape index (κ3) is 61.3. The predicted octanol–water partition coefficient (Wildman–Crippen LogP) is 19.2. The summed E-state index contributed by atoms with van der Waals surface area (Å²) in [5, 5.41) is 10.6. The van der Waals surface area contributed by atoms with E-state index in [1.54, 1.807) is 0 Å². The van der Waals surface area contributed by atoms with Gasteiger partial charge in [0.2, 0.25) is 0 Å². The maximum atomic E-state index is 13.0. The van der Waals surface area contributed by atoms with E-state index in [1.807, 2.05) is 0 Å². The molecule has 0 heterocycles. The summed E-state index contributed by atoms with van der Waals surface area (Å²) in [6.45, 7) is 9.50. The number of hydrogen-bond acceptors (Lipinski definition) is 15. The van der Waals surface area contributed by atoms with E-state index in [9.17, 15) is 43.2 Å². The van der Waals surface area contributed by atoms with Crippen LogP contribution in [-0.4, -0.2) is 96.7 Å². The highest BCUT2D eigenvalue weighted by Crippen LogP contribution is 2.45. The Balaban J connectivity index is 5.21. The van der Waals surface area contributed by atoms with E-state index in [0.29, 0.717) is 25.7 Å². The van der Waals surface area contributed by atoms with Gasteiger partial charge in [-0.05, 0) is 37.5 Å². The van der Waals surface area contributed by atoms with Gasteiger partial charge in [-0.3, -0.25) is 37.3 Å². The van der Waals surface area contributed by atoms with Gasteiger partial charge in [0.1, 0.15) is 19.3 Å². The van der Waals surface area contributed by atoms with Gasteiger partial charge in [0.25, 0.3) is 0 Å². The van der Waals surface area contributed by atoms with Gasteiger partial charge in [0, 0.05) is 25.7 Å². The fraction of sp³-hybridized carbons (Fsp3) is 0.941. The quantitative estimate of drug-likeness (QED) is 0.0222. The van der Waals surface area contributed by atoms with E-state index in [-0.39, 0.29) is 25.7 Å². The summed E-state index contributed by atoms with van der Waals surface area (Å²) in [6, 6.07) is 0. The number of carbonyl (C=O) groups excluding carboxylic acids is 4. The van der Waals surface area contributed by atoms with Gasteiger partial charge in [-0.15, -0.1) is 0 Å². The Kier molecular flexibility index (Phi) is 59.0. The summed E-state index contributed by atoms with van der Waals surface area (Å²) in [5.41, 5.74) is 0. The molecular formula is C68H132O17P2. The second-order valence-corrected chi connectivity index (χ2v) is 28.2. The van der Waals surface area contributed by atoms with Crippen LogP contribution in [0.2, 0.25) is 0 Å². The highest BCUT2D eigenvalue weighted by Gasteiger charge is 2.30. The smallest absolute Gasteiger partial charge is 0.462 e. The van der Waals surface area contributed by atoms with Gasteiger partial charge < -0.3 is 33.8 Å². The van der Waals surface area contributed by atoms with Crippen molar-refractivity contribution in [2.24, 2.45) is 11.8 Å². The van der Waals surface area contributed by atoms with Crippen LogP contribution in [0, 0.1) is 11.8 Å². The van der Waals surface area contributed by atoms with Gasteiger partial charge in [-0.25, -0.2) is 9.13 Å². The fourth-order valence-electron chi connectivity index (χ4n) is 10.2. The predicted molar refractivity (Wildman–Crippen MR) is 349 cm³/mol. The van der Waals surface area contributed by atoms with Crippen LogP contribution in [0.3, 0.4) is 0 Å². The molecule has 0 rings (SSSR count). The Morgan fingerprint density at radius 2 is 0.586 bits per heavy atom. The molecule has 3 N–H and O–H groups in total. The first-order valence-electron chi connectivity index (χ1n) is 35.5. The molecule has 0 bridgehead atoms. The lowest BCUT2D eigenvalue weighted by atomic mass is 10.00. The summed E-state index contributed by atoms with van der Waals surface area (Å²) in [4.78, 5) is 72.4. The van der Waals surface area contributed by atoms with Crippen molar-refractivity contribution in [2.75, 3.05) is 39.6 Å². The molecule has 0 aliphatic rings. The van der Waals surface area contributed by atoms with E-state index in [1.165, 1.54) is 154 Å². The van der Waals surface area contributed by atoms with Crippen molar-refractivity contribution in [3.8, 4) is 0 Å². The molecule has 0 saturated heterocycles. The highest BCUT2D eigenvalue weighted by molar-refractivity contribution is 7.47. The number of phosphoric ester groups is 2. The molecule has 0 aromatic heterocycles. The van der Waals surface area contributed by atoms with Crippen molar-refractivity contribution in [1.29, 1.82) is 0 Å². The van der Waals surface area contributed by atoms with Gasteiger partial charge in [-0.2, -0.15) is 0 Å². The standard InChI is InChI=1S/C68H132O17P2/c1-7-10-12-14-16-18-27-31-38-44-50-65(70)78-56-63(84-67(72)52-46-40-32-28-19-17-15-13-11-8-2)58-82-86(74,75)80-54-62(69)55-81-87(76,77)83-59-64(57-79-66(71)51-45-39-35-34-37-43-49-61(6)9-3)85-68(73)53-47-41-33-29-25-23-21-20-22-24-26-30-36-42-48-60(4)5/h60-64,69H,7-59H2,1-6H3,(H,74,75)(H,76,77)/t61?,62-,63+,64+/m0/s1. The van der Waals surface area contributed by atoms with Crippen molar-refractivity contribution in [3.05, 3.63) is 0 Å². The van der Waals surface area contributed by atoms with Crippen LogP contribution in [-0.2, 0) is 65.4 Å². The number of aliphatic hydroxyl groups is 1. The van der Waals surface area contributed by atoms with E-state index >= 15 is 0 Å². The van der Waals surface area contributed by atoms with Crippen LogP contribution in [0.15, 0.2) is 0 Å². The number of rotatable bonds is 67. The molecule has 0 fully saturated rings. The molecule has 0 aromatic rings. The Bertz CT molecular complexity index is 1700. The fourth-order valence-corrected chi connectivity index (χ4v) is 11.8. The van der Waals surface area contributed by atoms with E-state index in [4.69, 9.17) is 37.0 Å². The topological polar surface area (TPSA) is 237 Å². The SMILES string of the molecule is CCCCCCCCCCCCC(=O)OC[C@H](COP(=O)(O)OC[C@H](O)COP(=O)(O)OC[C@@H](COC(=O)CCCCCCCCC(C)CC)OC(=O)CCCCCCCCCCCCCCCCC(C)C)OC(=O)CCCCCCCCCCCC. The second-order valence-electron chi connectivity index (χ2n) is 25.3. The van der Waals surface area contributed by atoms with Crippen molar-refractivity contribution in [2.45, 2.75) is 362 Å². The molecule has 0 aromatic carbocycles. The van der Waals surface area contributed by atoms with Gasteiger partial charge >= 0.3 is 39.5 Å². The van der Waals surface area contributed by atoms with Crippen LogP contribution >= 0.6 is 15.6 Å². The lowest BCUT2D eigenvalue weighted by molar-refractivity contribution is -0.161. The molecule has 0 amide bonds. The minimum absolute atomic E-state index is 0.106. The molecule has 516 valence electrons. The minimum atomic E-state index is -4.95. The molecule has 0 spiro atoms. The Morgan fingerprint density at radius 1 is 0.333 bits per heavy atom. The molecule has 6 atom stereocenters. The van der Waals surface area contributed by atoms with Gasteiger partial charge in [-0.1, -0.05) is 292 Å². The zero-order valence-corrected chi connectivity index (χ0v) is 58.1. The van der Waals surface area contributed by atoms with E-state index in [0.717, 1.165) is 108 Å². The molecule has 0 saturated carbocycles. The second kappa shape index (κ2) is 60.3. The zero-order chi connectivity index (χ0) is 64.3. The molecule has 0 aliphatic carbocycles. The van der Waals surface area contributed by atoms with Crippen LogP contribution < -0.4 is 0 Å². The van der Waals surface area contributed by atoms with E-state index < -0.39 is 97.5 Å². The largest absolute Gasteiger partial charge is 0.472 e. The first kappa shape index (κ1) is 85.1. The molecule has 3 unspecified atom stereocenters. The number of unbranched alkanes of at least 4 members (excludes halogenated alkanes) is 36. The summed E-state index contributed by atoms with van der Waals surface area (Å²) >= 11 is 0. The molecule has 17 nitrogen and oxygen atoms in total. The first-order chi connectivity index (χ1) is 41.9. The normalized spacial score (nSPS) is 14.5. The molecule has 19 heteroatoms. The summed E-state index contributed by atoms with van der Waals surface area (Å²) in [6.07, 6.45) is 44.4. The number of hydrogen-bond donors (Lipinski definition) is 3. The summed E-state index contributed by atoms with van der Waals surface area (Å²) in [5.74, 6) is -0.602. The number of esters is 4. The summed E-state index contributed by atoms with van der Waals surface area (Å²) in [7, 11) is -9.89. The van der Waals surface area contributed by atoms with Crippen LogP contribution in [0.1, 0.15) is 343 Å². The lowest BCUT2D eigenvalue weighted by Crippen LogP contribution is -2.30. The van der Waals surface area contributed by atoms with E-state index in [2.05, 4.69) is 41.5 Å². The van der Waals surface area contributed by atoms with Gasteiger partial charge in [0.05, 0.1) is 26.4 Å². The Hall–Kier alpha value is -1.94. The summed E-state index contributed by atoms with van der Waals surface area (Å²) < 4.78 is 68.1. The highest BCUT2D eigenvalue weighted by atomic mass is 31.2. The average molecular weight is 1280 g/mol. The maximum absolute atomic E-state index is 13.0. The van der Waals surface area contributed by atoms with Crippen LogP contribution in [0.5, 0.6) is 0 Å². The number of ether oxygens (including phenoxy) is 4. The molecule has 0 aliphatic heterocycles. The van der Waals surface area contributed by atoms with Gasteiger partial charge in [0.15, 0.2) is 12.2 Å². The molecule has 0 radical (unpaired) electrons. The third-order valence-electron chi connectivity index (χ3n) is 16.1. The average Bonchev–Trinajstić information content (AvgIpc) is 3.68. The number of phosphoric acid groups is 2. The van der Waals surface area contributed by atoms with Crippen LogP contribution in [0.4, 0.5) is 0 Å². The maximum Gasteiger partial charge on any atom is 0.472 e. The number of carbonyl (C=O) groups is 4. The monoisotopic (exact) mass is 1280 g/mol. The number of aliphatic hydroxyl groups excluding tert-OH is 1. The van der Waals surface area contributed by atoms with Crippen molar-refractivity contribution in [1.82, 2.24) is 0 Å². The zero-order valence-electron chi connectivity index (χ0n) is 56.3. The Labute approximate surface area is 530 Å². The third-order valence-corrected chi connectivity index (χ3v) is 18.0. The first-order valence-corrected chi connectivity index (χ1v) is 38.5. The molecule has 87 heavy (non-hydrogen) atoms.